The third kappa shape index (κ3) is 4.03. The lowest BCUT2D eigenvalue weighted by Gasteiger charge is -2.31. The lowest BCUT2D eigenvalue weighted by Crippen LogP contribution is -2.44. The van der Waals surface area contributed by atoms with Crippen molar-refractivity contribution in [3.63, 3.8) is 0 Å². The van der Waals surface area contributed by atoms with E-state index in [0.717, 1.165) is 54.1 Å². The first kappa shape index (κ1) is 19.6. The fourth-order valence-electron chi connectivity index (χ4n) is 3.80. The molecule has 1 saturated heterocycles. The van der Waals surface area contributed by atoms with Gasteiger partial charge in [-0.05, 0) is 30.3 Å². The van der Waals surface area contributed by atoms with E-state index >= 15 is 0 Å². The Morgan fingerprint density at radius 1 is 1.41 bits per heavy atom. The van der Waals surface area contributed by atoms with Crippen LogP contribution in [0.3, 0.4) is 0 Å². The second kappa shape index (κ2) is 8.33. The number of likely N-dealkylation sites (tertiary alicyclic amines) is 1. The first-order valence-electron chi connectivity index (χ1n) is 9.78. The molecule has 4 rings (SSSR count). The number of carbonyl (C=O) groups excluding carboxylic acids is 1. The number of aromatic nitrogens is 3. The van der Waals surface area contributed by atoms with E-state index in [9.17, 15) is 4.79 Å². The van der Waals surface area contributed by atoms with E-state index in [1.54, 1.807) is 11.1 Å². The molecule has 3 heterocycles. The maximum atomic E-state index is 11.5. The minimum atomic E-state index is -0.350. The molecule has 0 spiro atoms. The quantitative estimate of drug-likeness (QED) is 0.634. The fraction of sp³-hybridized carbons (Fsp3) is 0.350. The van der Waals surface area contributed by atoms with Crippen LogP contribution in [0.25, 0.3) is 16.9 Å². The van der Waals surface area contributed by atoms with E-state index in [1.165, 1.54) is 0 Å². The lowest BCUT2D eigenvalue weighted by atomic mass is 9.75. The molecular formula is C20H23BClN6O. The van der Waals surface area contributed by atoms with Crippen LogP contribution in [0.15, 0.2) is 36.5 Å². The molecule has 29 heavy (non-hydrogen) atoms. The third-order valence-electron chi connectivity index (χ3n) is 5.36. The fourth-order valence-corrected chi connectivity index (χ4v) is 4.03. The molecule has 1 aliphatic heterocycles. The van der Waals surface area contributed by atoms with Gasteiger partial charge in [0.15, 0.2) is 12.9 Å². The second-order valence-electron chi connectivity index (χ2n) is 7.30. The Balaban J connectivity index is 1.65. The summed E-state index contributed by atoms with van der Waals surface area (Å²) in [5, 5.41) is 8.66. The average Bonchev–Trinajstić information content (AvgIpc) is 3.15. The first-order valence-corrected chi connectivity index (χ1v) is 10.2. The highest BCUT2D eigenvalue weighted by atomic mass is 35.5. The molecular weight excluding hydrogens is 387 g/mol. The maximum Gasteiger partial charge on any atom is 0.314 e. The third-order valence-corrected chi connectivity index (χ3v) is 5.69. The molecule has 1 fully saturated rings. The Hall–Kier alpha value is -2.74. The molecule has 0 saturated carbocycles. The number of nitrogens with two attached hydrogens (primary N) is 1. The predicted octanol–water partition coefficient (Wildman–Crippen LogP) is 2.63. The van der Waals surface area contributed by atoms with Crippen molar-refractivity contribution in [3.8, 4) is 11.3 Å². The SMILES string of the molecule is C[B]c1cnn2c(NCC3CCCN(C(N)=O)C3)cc(-c3ccccc3Cl)nc12. The Kier molecular flexibility index (Phi) is 5.62. The van der Waals surface area contributed by atoms with Gasteiger partial charge in [0.1, 0.15) is 5.82 Å². The Morgan fingerprint density at radius 3 is 3.00 bits per heavy atom. The van der Waals surface area contributed by atoms with Gasteiger partial charge in [-0.2, -0.15) is 9.61 Å². The zero-order valence-electron chi connectivity index (χ0n) is 16.3. The molecule has 0 aliphatic carbocycles. The lowest BCUT2D eigenvalue weighted by molar-refractivity contribution is 0.177. The summed E-state index contributed by atoms with van der Waals surface area (Å²) in [5.74, 6) is 1.17. The number of urea groups is 1. The molecule has 1 unspecified atom stereocenters. The van der Waals surface area contributed by atoms with Crippen molar-refractivity contribution >= 4 is 41.8 Å². The molecule has 9 heteroatoms. The number of benzene rings is 1. The van der Waals surface area contributed by atoms with Gasteiger partial charge in [-0.3, -0.25) is 0 Å². The van der Waals surface area contributed by atoms with Crippen molar-refractivity contribution in [1.29, 1.82) is 0 Å². The predicted molar refractivity (Wildman–Crippen MR) is 117 cm³/mol. The summed E-state index contributed by atoms with van der Waals surface area (Å²) in [5.41, 5.74) is 8.85. The number of piperidine rings is 1. The minimum Gasteiger partial charge on any atom is -0.370 e. The highest BCUT2D eigenvalue weighted by Crippen LogP contribution is 2.28. The van der Waals surface area contributed by atoms with Crippen LogP contribution in [0.1, 0.15) is 12.8 Å². The summed E-state index contributed by atoms with van der Waals surface area (Å²) in [6.45, 7) is 4.09. The monoisotopic (exact) mass is 409 g/mol. The van der Waals surface area contributed by atoms with Gasteiger partial charge in [0, 0.05) is 42.5 Å². The van der Waals surface area contributed by atoms with Gasteiger partial charge in [-0.25, -0.2) is 9.78 Å². The van der Waals surface area contributed by atoms with Crippen LogP contribution in [-0.4, -0.2) is 52.4 Å². The Labute approximate surface area is 175 Å². The number of fused-ring (bicyclic) bond motifs is 1. The number of primary amides is 1. The topological polar surface area (TPSA) is 88.5 Å². The molecule has 149 valence electrons. The molecule has 1 aromatic carbocycles. The molecule has 2 amide bonds. The molecule has 7 nitrogen and oxygen atoms in total. The minimum absolute atomic E-state index is 0.330. The molecule has 3 aromatic rings. The number of carbonyl (C=O) groups is 1. The molecule has 1 radical (unpaired) electrons. The molecule has 2 aromatic heterocycles. The van der Waals surface area contributed by atoms with Gasteiger partial charge in [0.25, 0.3) is 0 Å². The van der Waals surface area contributed by atoms with E-state index in [4.69, 9.17) is 22.3 Å². The number of amides is 2. The molecule has 0 bridgehead atoms. The average molecular weight is 410 g/mol. The van der Waals surface area contributed by atoms with Crippen LogP contribution < -0.4 is 16.5 Å². The van der Waals surface area contributed by atoms with Gasteiger partial charge in [0.05, 0.1) is 5.69 Å². The van der Waals surface area contributed by atoms with Gasteiger partial charge >= 0.3 is 6.03 Å². The van der Waals surface area contributed by atoms with Crippen molar-refractivity contribution in [3.05, 3.63) is 41.6 Å². The number of rotatable bonds is 5. The Morgan fingerprint density at radius 2 is 2.24 bits per heavy atom. The zero-order valence-corrected chi connectivity index (χ0v) is 17.1. The largest absolute Gasteiger partial charge is 0.370 e. The van der Waals surface area contributed by atoms with Gasteiger partial charge < -0.3 is 16.0 Å². The maximum absolute atomic E-state index is 11.5. The number of hydrogen-bond acceptors (Lipinski definition) is 4. The summed E-state index contributed by atoms with van der Waals surface area (Å²) in [7, 11) is 1.99. The smallest absolute Gasteiger partial charge is 0.314 e. The molecule has 3 N–H and O–H groups in total. The molecule has 1 aliphatic rings. The van der Waals surface area contributed by atoms with Gasteiger partial charge in [0.2, 0.25) is 0 Å². The summed E-state index contributed by atoms with van der Waals surface area (Å²) in [6, 6.07) is 9.29. The zero-order chi connectivity index (χ0) is 20.4. The first-order chi connectivity index (χ1) is 14.1. The number of hydrogen-bond donors (Lipinski definition) is 2. The van der Waals surface area contributed by atoms with Crippen molar-refractivity contribution in [2.75, 3.05) is 25.0 Å². The summed E-state index contributed by atoms with van der Waals surface area (Å²) < 4.78 is 1.81. The van der Waals surface area contributed by atoms with E-state index in [-0.39, 0.29) is 6.03 Å². The second-order valence-corrected chi connectivity index (χ2v) is 7.71. The van der Waals surface area contributed by atoms with Crippen LogP contribution in [0.5, 0.6) is 0 Å². The summed E-state index contributed by atoms with van der Waals surface area (Å²) >= 11 is 6.41. The van der Waals surface area contributed by atoms with E-state index in [1.807, 2.05) is 48.9 Å². The van der Waals surface area contributed by atoms with Crippen LogP contribution in [0.2, 0.25) is 11.8 Å². The normalized spacial score (nSPS) is 16.8. The van der Waals surface area contributed by atoms with Crippen LogP contribution in [0, 0.1) is 5.92 Å². The van der Waals surface area contributed by atoms with Crippen LogP contribution in [-0.2, 0) is 0 Å². The number of nitrogens with one attached hydrogen (secondary N) is 1. The van der Waals surface area contributed by atoms with Crippen molar-refractivity contribution in [2.24, 2.45) is 11.7 Å². The van der Waals surface area contributed by atoms with Crippen LogP contribution >= 0.6 is 11.6 Å². The highest BCUT2D eigenvalue weighted by Gasteiger charge is 2.22. The van der Waals surface area contributed by atoms with Gasteiger partial charge in [-0.1, -0.05) is 36.6 Å². The van der Waals surface area contributed by atoms with E-state index in [0.29, 0.717) is 17.5 Å². The van der Waals surface area contributed by atoms with Crippen molar-refractivity contribution in [1.82, 2.24) is 19.5 Å². The number of nitrogens with zero attached hydrogens (tertiary/aromatic N) is 4. The Bertz CT molecular complexity index is 1040. The highest BCUT2D eigenvalue weighted by molar-refractivity contribution is 6.54. The van der Waals surface area contributed by atoms with E-state index < -0.39 is 0 Å². The number of anilines is 1. The van der Waals surface area contributed by atoms with Crippen LogP contribution in [0.4, 0.5) is 10.6 Å². The standard InChI is InChI=1S/C20H23BClN6O/c1-21-15-11-25-28-18(24-10-13-5-4-8-27(12-13)20(23)29)9-17(26-19(15)28)14-6-2-3-7-16(14)22/h2-3,6-7,9,11,13,24H,4-5,8,10,12H2,1H3,(H2,23,29). The molecule has 1 atom stereocenters. The summed E-state index contributed by atoms with van der Waals surface area (Å²) in [6.07, 6.45) is 3.82. The summed E-state index contributed by atoms with van der Waals surface area (Å²) in [4.78, 5) is 18.0. The van der Waals surface area contributed by atoms with Gasteiger partial charge in [-0.15, -0.1) is 0 Å². The number of halogens is 1. The van der Waals surface area contributed by atoms with E-state index in [2.05, 4.69) is 10.4 Å². The van der Waals surface area contributed by atoms with Crippen molar-refractivity contribution < 1.29 is 4.79 Å². The van der Waals surface area contributed by atoms with Crippen molar-refractivity contribution in [2.45, 2.75) is 19.7 Å².